The quantitative estimate of drug-likeness (QED) is 0.0589. The van der Waals surface area contributed by atoms with Gasteiger partial charge in [-0.1, -0.05) is 18.1 Å². The number of carbonyl (C=O) groups excluding carboxylic acids is 1. The summed E-state index contributed by atoms with van der Waals surface area (Å²) in [4.78, 5) is 18.2. The van der Waals surface area contributed by atoms with Gasteiger partial charge in [-0.2, -0.15) is 13.9 Å². The van der Waals surface area contributed by atoms with Gasteiger partial charge in [-0.05, 0) is 68.5 Å². The molecule has 0 aliphatic heterocycles. The molecule has 286 valence electrons. The highest BCUT2D eigenvalue weighted by Crippen LogP contribution is 2.40. The maximum Gasteiger partial charge on any atom is 0.287 e. The molecule has 2 aromatic heterocycles. The highest BCUT2D eigenvalue weighted by molar-refractivity contribution is 6.02. The number of para-hydroxylation sites is 1. The van der Waals surface area contributed by atoms with Crippen LogP contribution in [0.5, 0.6) is 0 Å². The zero-order chi connectivity index (χ0) is 39.5. The van der Waals surface area contributed by atoms with Gasteiger partial charge >= 0.3 is 0 Å². The number of allylic oxidation sites excluding steroid dienone is 2. The number of carbonyl (C=O) groups is 1. The molecule has 9 nitrogen and oxygen atoms in total. The number of fused-ring (bicyclic) bond motifs is 1. The molecule has 1 aliphatic rings. The Balaban J connectivity index is 1.63. The Hall–Kier alpha value is -5.50. The van der Waals surface area contributed by atoms with Gasteiger partial charge in [0.2, 0.25) is 5.91 Å². The lowest BCUT2D eigenvalue weighted by atomic mass is 9.93. The van der Waals surface area contributed by atoms with E-state index in [1.54, 1.807) is 31.3 Å². The molecular formula is C37H35F8N7O2. The van der Waals surface area contributed by atoms with E-state index >= 15 is 0 Å². The topological polar surface area (TPSA) is 128 Å². The minimum atomic E-state index is -3.62. The van der Waals surface area contributed by atoms with Gasteiger partial charge in [-0.15, -0.1) is 0 Å². The first-order chi connectivity index (χ1) is 25.3. The second-order valence-corrected chi connectivity index (χ2v) is 13.1. The molecular weight excluding hydrogens is 726 g/mol. The summed E-state index contributed by atoms with van der Waals surface area (Å²) in [6.45, 7) is 1.31. The first-order valence-corrected chi connectivity index (χ1v) is 16.5. The fraction of sp³-hybridized carbons (Fsp3) is 0.351. The number of pyridine rings is 1. The highest BCUT2D eigenvalue weighted by Gasteiger charge is 2.44. The summed E-state index contributed by atoms with van der Waals surface area (Å²) < 4.78 is 113. The molecule has 5 rings (SSSR count). The Morgan fingerprint density at radius 3 is 2.41 bits per heavy atom. The number of nitrogens with one attached hydrogen (secondary N) is 4. The van der Waals surface area contributed by atoms with Crippen molar-refractivity contribution in [3.8, 4) is 23.0 Å². The molecule has 1 atom stereocenters. The van der Waals surface area contributed by atoms with Crippen LogP contribution in [-0.4, -0.2) is 69.0 Å². The molecule has 2 aromatic carbocycles. The molecule has 4 aromatic rings. The van der Waals surface area contributed by atoms with Crippen LogP contribution in [0.25, 0.3) is 22.0 Å². The third kappa shape index (κ3) is 9.34. The molecule has 0 bridgehead atoms. The van der Waals surface area contributed by atoms with Crippen LogP contribution in [0, 0.1) is 28.9 Å². The number of halogens is 8. The van der Waals surface area contributed by atoms with Gasteiger partial charge in [0.25, 0.3) is 18.8 Å². The van der Waals surface area contributed by atoms with Gasteiger partial charge in [0.05, 0.1) is 36.0 Å². The summed E-state index contributed by atoms with van der Waals surface area (Å²) in [5.74, 6) is -0.902. The molecule has 0 radical (unpaired) electrons. The van der Waals surface area contributed by atoms with Crippen LogP contribution in [0.15, 0.2) is 59.8 Å². The molecule has 2 heterocycles. The monoisotopic (exact) mass is 761 g/mol. The van der Waals surface area contributed by atoms with Gasteiger partial charge in [-0.25, -0.2) is 31.3 Å². The van der Waals surface area contributed by atoms with Crippen molar-refractivity contribution in [3.05, 3.63) is 88.4 Å². The van der Waals surface area contributed by atoms with E-state index in [0.29, 0.717) is 28.1 Å². The van der Waals surface area contributed by atoms with E-state index in [1.807, 2.05) is 0 Å². The van der Waals surface area contributed by atoms with Crippen LogP contribution in [0.1, 0.15) is 49.7 Å². The minimum Gasteiger partial charge on any atom is -0.378 e. The largest absolute Gasteiger partial charge is 0.378 e. The smallest absolute Gasteiger partial charge is 0.287 e. The normalized spacial score (nSPS) is 14.7. The van der Waals surface area contributed by atoms with Crippen molar-refractivity contribution in [2.75, 3.05) is 18.4 Å². The number of hydrogen-bond donors (Lipinski definition) is 5. The molecule has 0 saturated carbocycles. The first kappa shape index (κ1) is 39.7. The number of benzene rings is 2. The lowest BCUT2D eigenvalue weighted by molar-refractivity contribution is -0.121. The van der Waals surface area contributed by atoms with E-state index in [2.05, 4.69) is 37.9 Å². The maximum absolute atomic E-state index is 14.8. The lowest BCUT2D eigenvalue weighted by Crippen LogP contribution is -2.40. The molecule has 0 fully saturated rings. The van der Waals surface area contributed by atoms with Gasteiger partial charge in [0.15, 0.2) is 5.82 Å². The van der Waals surface area contributed by atoms with Crippen molar-refractivity contribution in [2.24, 2.45) is 7.05 Å². The average Bonchev–Trinajstić information content (AvgIpc) is 3.57. The number of nitrogens with zero attached hydrogens (tertiary/aromatic N) is 3. The summed E-state index contributed by atoms with van der Waals surface area (Å²) in [6.07, 6.45) is -7.68. The predicted octanol–water partition coefficient (Wildman–Crippen LogP) is 6.67. The van der Waals surface area contributed by atoms with Gasteiger partial charge in [-0.3, -0.25) is 14.9 Å². The van der Waals surface area contributed by atoms with Gasteiger partial charge < -0.3 is 21.1 Å². The summed E-state index contributed by atoms with van der Waals surface area (Å²) in [6, 6.07) is 9.45. The van der Waals surface area contributed by atoms with E-state index in [4.69, 9.17) is 5.41 Å². The number of aryl methyl sites for hydroxylation is 1. The lowest BCUT2D eigenvalue weighted by Gasteiger charge is -2.23. The van der Waals surface area contributed by atoms with E-state index in [1.165, 1.54) is 24.6 Å². The zero-order valence-electron chi connectivity index (χ0n) is 29.1. The number of amides is 1. The molecule has 54 heavy (non-hydrogen) atoms. The van der Waals surface area contributed by atoms with E-state index in [0.717, 1.165) is 12.1 Å². The van der Waals surface area contributed by atoms with Crippen LogP contribution in [0.3, 0.4) is 0 Å². The summed E-state index contributed by atoms with van der Waals surface area (Å²) in [5, 5.41) is 30.1. The van der Waals surface area contributed by atoms with Crippen molar-refractivity contribution in [1.82, 2.24) is 25.4 Å². The highest BCUT2D eigenvalue weighted by atomic mass is 19.3. The maximum atomic E-state index is 14.8. The van der Waals surface area contributed by atoms with Crippen molar-refractivity contribution >= 4 is 28.3 Å². The van der Waals surface area contributed by atoms with Gasteiger partial charge in [0.1, 0.15) is 28.6 Å². The molecule has 1 unspecified atom stereocenters. The fourth-order valence-electron chi connectivity index (χ4n) is 6.10. The van der Waals surface area contributed by atoms with Crippen molar-refractivity contribution in [3.63, 3.8) is 0 Å². The Kier molecular flexibility index (Phi) is 11.7. The van der Waals surface area contributed by atoms with Crippen LogP contribution < -0.4 is 16.0 Å². The van der Waals surface area contributed by atoms with Crippen molar-refractivity contribution < 1.29 is 45.0 Å². The Labute approximate surface area is 304 Å². The number of aliphatic hydroxyl groups is 1. The third-order valence-corrected chi connectivity index (χ3v) is 8.35. The second kappa shape index (κ2) is 15.8. The molecule has 5 N–H and O–H groups in total. The molecule has 1 aliphatic carbocycles. The number of rotatable bonds is 13. The number of alkyl halides is 6. The standard InChI is InChI=1S/C37H35F8N7O2/c1-36(2,54)11-9-22-7-8-23(24-5-4-6-26-32(24)52(3)51-35(26)48-17-28(40)41)31(49-22)27(15-19-13-20(38)16-21(39)14-19)50-29(53)18-47-33-25(30(46)34(42)43)10-12-37(33,44)45/h4-8,13-14,16,27-28,34,46-47,54H,10,12,15,17-18H2,1-3H3,(H,48,51)(H,50,53). The first-order valence-electron chi connectivity index (χ1n) is 16.5. The number of hydrogen-bond acceptors (Lipinski definition) is 7. The second-order valence-electron chi connectivity index (χ2n) is 13.1. The molecule has 0 saturated heterocycles. The van der Waals surface area contributed by atoms with Crippen molar-refractivity contribution in [1.29, 1.82) is 5.41 Å². The number of aromatic nitrogens is 3. The SMILES string of the molecule is Cn1nc(NCC(F)F)c2cccc(-c3ccc(C#CC(C)(C)O)nc3C(Cc3cc(F)cc(F)c3)NC(=O)CNC3=C(C(=N)C(F)F)CCC3(F)F)c21. The summed E-state index contributed by atoms with van der Waals surface area (Å²) in [7, 11) is 1.57. The number of anilines is 1. The van der Waals surface area contributed by atoms with Crippen LogP contribution in [0.2, 0.25) is 0 Å². The predicted molar refractivity (Wildman–Crippen MR) is 186 cm³/mol. The zero-order valence-corrected chi connectivity index (χ0v) is 29.1. The summed E-state index contributed by atoms with van der Waals surface area (Å²) >= 11 is 0. The van der Waals surface area contributed by atoms with E-state index in [-0.39, 0.29) is 29.2 Å². The molecule has 0 spiro atoms. The minimum absolute atomic E-state index is 0.0569. The van der Waals surface area contributed by atoms with E-state index in [9.17, 15) is 45.0 Å². The van der Waals surface area contributed by atoms with Gasteiger partial charge in [0, 0.05) is 41.6 Å². The third-order valence-electron chi connectivity index (χ3n) is 8.35. The van der Waals surface area contributed by atoms with Crippen LogP contribution in [0.4, 0.5) is 40.9 Å². The summed E-state index contributed by atoms with van der Waals surface area (Å²) in [5.41, 5.74) is -2.90. The Bertz CT molecular complexity index is 2150. The van der Waals surface area contributed by atoms with E-state index < -0.39 is 90.9 Å². The Morgan fingerprint density at radius 1 is 1.06 bits per heavy atom. The Morgan fingerprint density at radius 2 is 1.76 bits per heavy atom. The van der Waals surface area contributed by atoms with Crippen molar-refractivity contribution in [2.45, 2.75) is 63.5 Å². The fourth-order valence-corrected chi connectivity index (χ4v) is 6.10. The molecule has 1 amide bonds. The molecule has 17 heteroatoms. The average molecular weight is 762 g/mol. The van der Waals surface area contributed by atoms with Crippen LogP contribution >= 0.6 is 0 Å². The van der Waals surface area contributed by atoms with Crippen LogP contribution in [-0.2, 0) is 18.3 Å².